The second kappa shape index (κ2) is 6.46. The highest BCUT2D eigenvalue weighted by Gasteiger charge is 2.26. The smallest absolute Gasteiger partial charge is 0.410 e. The molecular weight excluding hydrogens is 278 g/mol. The van der Waals surface area contributed by atoms with Crippen molar-refractivity contribution in [2.45, 2.75) is 39.3 Å². The summed E-state index contributed by atoms with van der Waals surface area (Å²) in [5, 5.41) is 10.2. The summed E-state index contributed by atoms with van der Waals surface area (Å²) in [4.78, 5) is 13.5. The Kier molecular flexibility index (Phi) is 5.42. The molecule has 0 aliphatic rings. The predicted molar refractivity (Wildman–Crippen MR) is 80.0 cm³/mol. The van der Waals surface area contributed by atoms with Crippen LogP contribution in [0.1, 0.15) is 37.9 Å². The Balaban J connectivity index is 2.98. The average Bonchev–Trinajstić information content (AvgIpc) is 2.30. The van der Waals surface area contributed by atoms with Crippen LogP contribution in [-0.2, 0) is 4.74 Å². The first-order chi connectivity index (χ1) is 9.15. The normalized spacial score (nSPS) is 12.9. The van der Waals surface area contributed by atoms with Crippen LogP contribution in [0.4, 0.5) is 4.79 Å². The van der Waals surface area contributed by atoms with Crippen LogP contribution in [0.25, 0.3) is 0 Å². The second-order valence-corrected chi connectivity index (χ2v) is 6.23. The number of nitrogens with zero attached hydrogens (tertiary/aromatic N) is 1. The summed E-state index contributed by atoms with van der Waals surface area (Å²) in [6.07, 6.45) is -0.467. The number of likely N-dealkylation sites (N-methyl/N-ethyl adjacent to an activating group) is 1. The molecule has 0 saturated heterocycles. The number of carbonyl (C=O) groups is 1. The SMILES string of the molecule is Cc1cc(Cl)ccc1C(CO)N(C)C(=O)OC(C)(C)C. The largest absolute Gasteiger partial charge is 0.444 e. The summed E-state index contributed by atoms with van der Waals surface area (Å²) in [6.45, 7) is 7.13. The molecule has 0 aromatic heterocycles. The Morgan fingerprint density at radius 1 is 1.45 bits per heavy atom. The third-order valence-electron chi connectivity index (χ3n) is 2.91. The zero-order valence-electron chi connectivity index (χ0n) is 12.6. The Labute approximate surface area is 125 Å². The van der Waals surface area contributed by atoms with Crippen LogP contribution in [-0.4, -0.2) is 35.4 Å². The summed E-state index contributed by atoms with van der Waals surface area (Å²) in [6, 6.07) is 4.92. The van der Waals surface area contributed by atoms with E-state index in [1.165, 1.54) is 4.90 Å². The Bertz CT molecular complexity index is 482. The standard InChI is InChI=1S/C15H22ClNO3/c1-10-8-11(16)6-7-12(10)13(9-18)17(5)14(19)20-15(2,3)4/h6-8,13,18H,9H2,1-5H3. The average molecular weight is 300 g/mol. The fourth-order valence-corrected chi connectivity index (χ4v) is 2.13. The van der Waals surface area contributed by atoms with Crippen molar-refractivity contribution in [2.24, 2.45) is 0 Å². The van der Waals surface area contributed by atoms with E-state index in [4.69, 9.17) is 16.3 Å². The molecule has 0 saturated carbocycles. The van der Waals surface area contributed by atoms with E-state index in [0.29, 0.717) is 5.02 Å². The Hall–Kier alpha value is -1.26. The number of ether oxygens (including phenoxy) is 1. The van der Waals surface area contributed by atoms with Crippen molar-refractivity contribution in [3.05, 3.63) is 34.3 Å². The molecule has 0 heterocycles. The molecule has 0 spiro atoms. The third-order valence-corrected chi connectivity index (χ3v) is 3.15. The summed E-state index contributed by atoms with van der Waals surface area (Å²) in [5.74, 6) is 0. The van der Waals surface area contributed by atoms with Crippen molar-refractivity contribution in [1.29, 1.82) is 0 Å². The van der Waals surface area contributed by atoms with Crippen LogP contribution in [0.2, 0.25) is 5.02 Å². The minimum atomic E-state index is -0.569. The minimum Gasteiger partial charge on any atom is -0.444 e. The molecule has 0 aliphatic heterocycles. The van der Waals surface area contributed by atoms with Gasteiger partial charge in [0.2, 0.25) is 0 Å². The lowest BCUT2D eigenvalue weighted by Gasteiger charge is -2.30. The molecule has 0 aliphatic carbocycles. The highest BCUT2D eigenvalue weighted by Crippen LogP contribution is 2.26. The van der Waals surface area contributed by atoms with Gasteiger partial charge in [0.05, 0.1) is 12.6 Å². The molecule has 0 radical (unpaired) electrons. The third kappa shape index (κ3) is 4.39. The number of halogens is 1. The van der Waals surface area contributed by atoms with Crippen molar-refractivity contribution < 1.29 is 14.6 Å². The molecule has 4 nitrogen and oxygen atoms in total. The van der Waals surface area contributed by atoms with E-state index in [1.807, 2.05) is 19.1 Å². The maximum atomic E-state index is 12.1. The van der Waals surface area contributed by atoms with E-state index in [0.717, 1.165) is 11.1 Å². The fourth-order valence-electron chi connectivity index (χ4n) is 1.90. The van der Waals surface area contributed by atoms with E-state index >= 15 is 0 Å². The van der Waals surface area contributed by atoms with Gasteiger partial charge in [0.15, 0.2) is 0 Å². The first-order valence-corrected chi connectivity index (χ1v) is 6.86. The van der Waals surface area contributed by atoms with Crippen LogP contribution >= 0.6 is 11.6 Å². The summed E-state index contributed by atoms with van der Waals surface area (Å²) in [7, 11) is 1.61. The van der Waals surface area contributed by atoms with Crippen LogP contribution in [0.3, 0.4) is 0 Å². The van der Waals surface area contributed by atoms with E-state index < -0.39 is 17.7 Å². The molecule has 1 atom stereocenters. The van der Waals surface area contributed by atoms with Crippen molar-refractivity contribution in [3.63, 3.8) is 0 Å². The molecule has 1 unspecified atom stereocenters. The van der Waals surface area contributed by atoms with Gasteiger partial charge in [-0.3, -0.25) is 0 Å². The quantitative estimate of drug-likeness (QED) is 0.928. The van der Waals surface area contributed by atoms with Crippen LogP contribution in [0.5, 0.6) is 0 Å². The van der Waals surface area contributed by atoms with E-state index in [-0.39, 0.29) is 6.61 Å². The van der Waals surface area contributed by atoms with Gasteiger partial charge in [-0.25, -0.2) is 4.79 Å². The summed E-state index contributed by atoms with van der Waals surface area (Å²) < 4.78 is 5.32. The van der Waals surface area contributed by atoms with Crippen LogP contribution in [0.15, 0.2) is 18.2 Å². The number of amides is 1. The summed E-state index contributed by atoms with van der Waals surface area (Å²) in [5.41, 5.74) is 1.21. The van der Waals surface area contributed by atoms with Gasteiger partial charge >= 0.3 is 6.09 Å². The maximum Gasteiger partial charge on any atom is 0.410 e. The molecular formula is C15H22ClNO3. The fraction of sp³-hybridized carbons (Fsp3) is 0.533. The van der Waals surface area contributed by atoms with Gasteiger partial charge in [0, 0.05) is 12.1 Å². The molecule has 0 fully saturated rings. The number of hydrogen-bond donors (Lipinski definition) is 1. The monoisotopic (exact) mass is 299 g/mol. The van der Waals surface area contributed by atoms with Crippen molar-refractivity contribution in [3.8, 4) is 0 Å². The van der Waals surface area contributed by atoms with Gasteiger partial charge in [-0.1, -0.05) is 17.7 Å². The van der Waals surface area contributed by atoms with Crippen molar-refractivity contribution >= 4 is 17.7 Å². The van der Waals surface area contributed by atoms with Crippen LogP contribution < -0.4 is 0 Å². The second-order valence-electron chi connectivity index (χ2n) is 5.79. The molecule has 0 bridgehead atoms. The molecule has 112 valence electrons. The maximum absolute atomic E-state index is 12.1. The highest BCUT2D eigenvalue weighted by atomic mass is 35.5. The number of carbonyl (C=O) groups excluding carboxylic acids is 1. The lowest BCUT2D eigenvalue weighted by Crippen LogP contribution is -2.38. The molecule has 1 rings (SSSR count). The van der Waals surface area contributed by atoms with Crippen molar-refractivity contribution in [1.82, 2.24) is 4.90 Å². The number of rotatable bonds is 3. The predicted octanol–water partition coefficient (Wildman–Crippen LogP) is 3.55. The first kappa shape index (κ1) is 16.8. The van der Waals surface area contributed by atoms with Gasteiger partial charge in [-0.05, 0) is 51.0 Å². The molecule has 20 heavy (non-hydrogen) atoms. The lowest BCUT2D eigenvalue weighted by molar-refractivity contribution is 0.0158. The topological polar surface area (TPSA) is 49.8 Å². The molecule has 1 aromatic rings. The number of aliphatic hydroxyl groups is 1. The number of hydrogen-bond acceptors (Lipinski definition) is 3. The Morgan fingerprint density at radius 2 is 2.05 bits per heavy atom. The van der Waals surface area contributed by atoms with E-state index in [1.54, 1.807) is 33.9 Å². The zero-order valence-corrected chi connectivity index (χ0v) is 13.4. The van der Waals surface area contributed by atoms with E-state index in [2.05, 4.69) is 0 Å². The zero-order chi connectivity index (χ0) is 15.5. The van der Waals surface area contributed by atoms with Gasteiger partial charge in [0.25, 0.3) is 0 Å². The van der Waals surface area contributed by atoms with Gasteiger partial charge in [-0.15, -0.1) is 0 Å². The minimum absolute atomic E-state index is 0.182. The molecule has 1 N–H and O–H groups in total. The first-order valence-electron chi connectivity index (χ1n) is 6.48. The van der Waals surface area contributed by atoms with Crippen LogP contribution in [0, 0.1) is 6.92 Å². The number of aryl methyl sites for hydroxylation is 1. The van der Waals surface area contributed by atoms with Gasteiger partial charge in [-0.2, -0.15) is 0 Å². The molecule has 5 heteroatoms. The summed E-state index contributed by atoms with van der Waals surface area (Å²) >= 11 is 5.93. The van der Waals surface area contributed by atoms with Crippen molar-refractivity contribution in [2.75, 3.05) is 13.7 Å². The van der Waals surface area contributed by atoms with Gasteiger partial charge in [0.1, 0.15) is 5.60 Å². The molecule has 1 aromatic carbocycles. The Morgan fingerprint density at radius 3 is 2.50 bits per heavy atom. The van der Waals surface area contributed by atoms with E-state index in [9.17, 15) is 9.90 Å². The molecule has 1 amide bonds. The van der Waals surface area contributed by atoms with Gasteiger partial charge < -0.3 is 14.7 Å². The number of benzene rings is 1. The lowest BCUT2D eigenvalue weighted by atomic mass is 10.0. The highest BCUT2D eigenvalue weighted by molar-refractivity contribution is 6.30. The number of aliphatic hydroxyl groups excluding tert-OH is 1.